The predicted octanol–water partition coefficient (Wildman–Crippen LogP) is 7.43. The average Bonchev–Trinajstić information content (AvgIpc) is 3.27. The number of aryl methyl sites for hydroxylation is 1. The lowest BCUT2D eigenvalue weighted by atomic mass is 10.1. The fourth-order valence-electron chi connectivity index (χ4n) is 3.45. The number of para-hydroxylation sites is 1. The highest BCUT2D eigenvalue weighted by molar-refractivity contribution is 6.32. The number of alkyl halides is 3. The van der Waals surface area contributed by atoms with E-state index >= 15 is 0 Å². The number of carbonyl (C=O) groups is 1. The molecule has 10 heteroatoms. The van der Waals surface area contributed by atoms with Crippen molar-refractivity contribution in [3.8, 4) is 22.7 Å². The molecule has 1 N–H and O–H groups in total. The second-order valence-electron chi connectivity index (χ2n) is 7.61. The van der Waals surface area contributed by atoms with E-state index in [1.165, 1.54) is 19.2 Å². The summed E-state index contributed by atoms with van der Waals surface area (Å²) in [6.07, 6.45) is -4.64. The number of anilines is 1. The summed E-state index contributed by atoms with van der Waals surface area (Å²) in [4.78, 5) is 12.8. The van der Waals surface area contributed by atoms with E-state index < -0.39 is 17.8 Å². The van der Waals surface area contributed by atoms with Crippen LogP contribution in [-0.2, 0) is 6.18 Å². The Morgan fingerprint density at radius 3 is 2.31 bits per heavy atom. The van der Waals surface area contributed by atoms with Crippen LogP contribution in [0.15, 0.2) is 66.7 Å². The molecule has 0 unspecified atom stereocenters. The van der Waals surface area contributed by atoms with E-state index in [9.17, 15) is 18.0 Å². The minimum Gasteiger partial charge on any atom is -0.495 e. The van der Waals surface area contributed by atoms with E-state index in [2.05, 4.69) is 10.4 Å². The number of nitrogens with one attached hydrogen (secondary N) is 1. The standard InChI is InChI=1S/C25H18Cl2F3N3O2/c1-14-11-19(22(35-2)12-18(14)27)31-24(34)16-9-7-15(8-10-16)21-13-23(25(28,29)30)32-33(21)20-6-4-3-5-17(20)26/h3-13H,1-2H3,(H,31,34). The Morgan fingerprint density at radius 2 is 1.69 bits per heavy atom. The third-order valence-electron chi connectivity index (χ3n) is 5.25. The van der Waals surface area contributed by atoms with Crippen molar-refractivity contribution in [1.29, 1.82) is 0 Å². The summed E-state index contributed by atoms with van der Waals surface area (Å²) in [5.41, 5.74) is 1.33. The van der Waals surface area contributed by atoms with Gasteiger partial charge in [-0.25, -0.2) is 4.68 Å². The van der Waals surface area contributed by atoms with Gasteiger partial charge in [0.2, 0.25) is 0 Å². The topological polar surface area (TPSA) is 56.1 Å². The number of aromatic nitrogens is 2. The van der Waals surface area contributed by atoms with Gasteiger partial charge in [0.05, 0.1) is 29.2 Å². The maximum atomic E-state index is 13.4. The molecule has 1 amide bonds. The molecule has 35 heavy (non-hydrogen) atoms. The van der Waals surface area contributed by atoms with Gasteiger partial charge in [-0.1, -0.05) is 47.5 Å². The molecule has 0 saturated carbocycles. The van der Waals surface area contributed by atoms with E-state index in [1.807, 2.05) is 0 Å². The van der Waals surface area contributed by atoms with Crippen molar-refractivity contribution in [2.75, 3.05) is 12.4 Å². The summed E-state index contributed by atoms with van der Waals surface area (Å²) in [5, 5.41) is 7.25. The van der Waals surface area contributed by atoms with Gasteiger partial charge in [-0.05, 0) is 48.9 Å². The molecule has 0 radical (unpaired) electrons. The monoisotopic (exact) mass is 519 g/mol. The summed E-state index contributed by atoms with van der Waals surface area (Å²) in [5.74, 6) is -0.0268. The summed E-state index contributed by atoms with van der Waals surface area (Å²) in [6.45, 7) is 1.80. The van der Waals surface area contributed by atoms with Crippen molar-refractivity contribution in [2.45, 2.75) is 13.1 Å². The highest BCUT2D eigenvalue weighted by Gasteiger charge is 2.35. The van der Waals surface area contributed by atoms with Crippen molar-refractivity contribution >= 4 is 34.8 Å². The normalized spacial score (nSPS) is 11.4. The lowest BCUT2D eigenvalue weighted by Gasteiger charge is -2.13. The van der Waals surface area contributed by atoms with Crippen LogP contribution in [0.3, 0.4) is 0 Å². The number of rotatable bonds is 5. The van der Waals surface area contributed by atoms with Crippen molar-refractivity contribution in [2.24, 2.45) is 0 Å². The maximum Gasteiger partial charge on any atom is 0.435 e. The van der Waals surface area contributed by atoms with Gasteiger partial charge < -0.3 is 10.1 Å². The molecule has 0 bridgehead atoms. The molecular formula is C25H18Cl2F3N3O2. The molecule has 3 aromatic carbocycles. The van der Waals surface area contributed by atoms with Crippen LogP contribution in [0.4, 0.5) is 18.9 Å². The van der Waals surface area contributed by atoms with Gasteiger partial charge >= 0.3 is 6.18 Å². The van der Waals surface area contributed by atoms with Crippen LogP contribution in [0.5, 0.6) is 5.75 Å². The van der Waals surface area contributed by atoms with Crippen molar-refractivity contribution in [1.82, 2.24) is 9.78 Å². The van der Waals surface area contributed by atoms with Gasteiger partial charge in [-0.2, -0.15) is 18.3 Å². The van der Waals surface area contributed by atoms with Crippen molar-refractivity contribution < 1.29 is 22.7 Å². The molecule has 5 nitrogen and oxygen atoms in total. The Labute approximate surface area is 209 Å². The maximum absolute atomic E-state index is 13.4. The molecule has 0 atom stereocenters. The SMILES string of the molecule is COc1cc(Cl)c(C)cc1NC(=O)c1ccc(-c2cc(C(F)(F)F)nn2-c2ccccc2Cl)cc1. The molecule has 4 rings (SSSR count). The number of hydrogen-bond acceptors (Lipinski definition) is 3. The Kier molecular flexibility index (Phi) is 6.78. The summed E-state index contributed by atoms with van der Waals surface area (Å²) in [6, 6.07) is 16.8. The first-order valence-corrected chi connectivity index (χ1v) is 11.0. The van der Waals surface area contributed by atoms with Gasteiger partial charge in [-0.15, -0.1) is 0 Å². The van der Waals surface area contributed by atoms with E-state index in [4.69, 9.17) is 27.9 Å². The lowest BCUT2D eigenvalue weighted by Crippen LogP contribution is -2.13. The van der Waals surface area contributed by atoms with E-state index in [0.29, 0.717) is 33.3 Å². The second kappa shape index (κ2) is 9.64. The molecule has 0 saturated heterocycles. The minimum atomic E-state index is -4.64. The summed E-state index contributed by atoms with van der Waals surface area (Å²) < 4.78 is 46.7. The van der Waals surface area contributed by atoms with Crippen LogP contribution in [0.2, 0.25) is 10.0 Å². The first-order chi connectivity index (χ1) is 16.6. The van der Waals surface area contributed by atoms with Crippen molar-refractivity contribution in [3.05, 3.63) is 93.6 Å². The van der Waals surface area contributed by atoms with Gasteiger partial charge in [0.1, 0.15) is 5.75 Å². The molecule has 1 heterocycles. The van der Waals surface area contributed by atoms with Gasteiger partial charge in [0.15, 0.2) is 5.69 Å². The number of hydrogen-bond donors (Lipinski definition) is 1. The number of amides is 1. The molecule has 0 spiro atoms. The van der Waals surface area contributed by atoms with E-state index in [1.54, 1.807) is 55.5 Å². The molecule has 0 aliphatic carbocycles. The molecule has 0 aliphatic rings. The lowest BCUT2D eigenvalue weighted by molar-refractivity contribution is -0.141. The van der Waals surface area contributed by atoms with Crippen LogP contribution in [0.25, 0.3) is 16.9 Å². The van der Waals surface area contributed by atoms with Crippen LogP contribution in [-0.4, -0.2) is 22.8 Å². The van der Waals surface area contributed by atoms with E-state index in [-0.39, 0.29) is 10.7 Å². The quantitative estimate of drug-likeness (QED) is 0.298. The summed E-state index contributed by atoms with van der Waals surface area (Å²) in [7, 11) is 1.46. The number of halogens is 5. The zero-order valence-corrected chi connectivity index (χ0v) is 20.0. The largest absolute Gasteiger partial charge is 0.495 e. The number of methoxy groups -OCH3 is 1. The Bertz CT molecular complexity index is 1400. The van der Waals surface area contributed by atoms with Gasteiger partial charge in [0.25, 0.3) is 5.91 Å². The van der Waals surface area contributed by atoms with Crippen LogP contribution in [0.1, 0.15) is 21.6 Å². The molecule has 0 aliphatic heterocycles. The molecular weight excluding hydrogens is 502 g/mol. The Hall–Kier alpha value is -3.49. The highest BCUT2D eigenvalue weighted by Crippen LogP contribution is 2.35. The average molecular weight is 520 g/mol. The molecule has 0 fully saturated rings. The molecule has 4 aromatic rings. The van der Waals surface area contributed by atoms with Crippen LogP contribution >= 0.6 is 23.2 Å². The third-order valence-corrected chi connectivity index (χ3v) is 5.98. The number of ether oxygens (including phenoxy) is 1. The molecule has 180 valence electrons. The highest BCUT2D eigenvalue weighted by atomic mass is 35.5. The van der Waals surface area contributed by atoms with Crippen molar-refractivity contribution in [3.63, 3.8) is 0 Å². The first-order valence-electron chi connectivity index (χ1n) is 10.3. The smallest absolute Gasteiger partial charge is 0.435 e. The van der Waals surface area contributed by atoms with E-state index in [0.717, 1.165) is 16.3 Å². The predicted molar refractivity (Wildman–Crippen MR) is 130 cm³/mol. The van der Waals surface area contributed by atoms with Gasteiger partial charge in [-0.3, -0.25) is 4.79 Å². The second-order valence-corrected chi connectivity index (χ2v) is 8.42. The van der Waals surface area contributed by atoms with Gasteiger partial charge in [0, 0.05) is 22.2 Å². The summed E-state index contributed by atoms with van der Waals surface area (Å²) >= 11 is 12.3. The van der Waals surface area contributed by atoms with Crippen LogP contribution < -0.4 is 10.1 Å². The first kappa shape index (κ1) is 24.6. The zero-order chi connectivity index (χ0) is 25.3. The zero-order valence-electron chi connectivity index (χ0n) is 18.5. The molecule has 1 aromatic heterocycles. The number of carbonyl (C=O) groups excluding carboxylic acids is 1. The Morgan fingerprint density at radius 1 is 1.00 bits per heavy atom. The fraction of sp³-hybridized carbons (Fsp3) is 0.120. The fourth-order valence-corrected chi connectivity index (χ4v) is 3.82. The van der Waals surface area contributed by atoms with Crippen LogP contribution in [0, 0.1) is 6.92 Å². The minimum absolute atomic E-state index is 0.173. The Balaban J connectivity index is 1.68. The number of benzene rings is 3. The number of nitrogens with zero attached hydrogens (tertiary/aromatic N) is 2. The third kappa shape index (κ3) is 5.13.